The van der Waals surface area contributed by atoms with Crippen LogP contribution in [0, 0.1) is 5.92 Å². The van der Waals surface area contributed by atoms with Gasteiger partial charge in [-0.2, -0.15) is 11.8 Å². The summed E-state index contributed by atoms with van der Waals surface area (Å²) in [5.41, 5.74) is 6.34. The highest BCUT2D eigenvalue weighted by molar-refractivity contribution is 7.99. The average molecular weight is 295 g/mol. The molecule has 3 unspecified atom stereocenters. The number of rotatable bonds is 6. The van der Waals surface area contributed by atoms with Crippen LogP contribution >= 0.6 is 11.8 Å². The molecule has 112 valence electrons. The molecule has 4 heteroatoms. The maximum absolute atomic E-state index is 9.99. The first kappa shape index (κ1) is 15.5. The van der Waals surface area contributed by atoms with Crippen molar-refractivity contribution in [2.24, 2.45) is 5.92 Å². The van der Waals surface area contributed by atoms with Crippen molar-refractivity contribution in [1.29, 1.82) is 0 Å². The molecule has 1 aromatic carbocycles. The van der Waals surface area contributed by atoms with Crippen molar-refractivity contribution >= 4 is 17.4 Å². The Morgan fingerprint density at radius 3 is 2.80 bits per heavy atom. The summed E-state index contributed by atoms with van der Waals surface area (Å²) >= 11 is 1.90. The number of ether oxygens (including phenoxy) is 1. The summed E-state index contributed by atoms with van der Waals surface area (Å²) in [7, 11) is 0. The van der Waals surface area contributed by atoms with Crippen LogP contribution in [0.15, 0.2) is 24.3 Å². The Morgan fingerprint density at radius 2 is 2.10 bits per heavy atom. The fourth-order valence-corrected chi connectivity index (χ4v) is 3.97. The van der Waals surface area contributed by atoms with Gasteiger partial charge in [0.1, 0.15) is 12.4 Å². The molecule has 0 aromatic heterocycles. The zero-order chi connectivity index (χ0) is 14.4. The third-order valence-corrected chi connectivity index (χ3v) is 5.21. The third kappa shape index (κ3) is 5.25. The molecule has 0 bridgehead atoms. The van der Waals surface area contributed by atoms with Crippen molar-refractivity contribution in [2.45, 2.75) is 44.0 Å². The molecule has 0 heterocycles. The SMILES string of the molecule is CC1CCCC(SCC(O)COc2ccc(N)cc2)C1. The van der Waals surface area contributed by atoms with E-state index in [4.69, 9.17) is 10.5 Å². The van der Waals surface area contributed by atoms with Crippen LogP contribution in [-0.4, -0.2) is 28.8 Å². The van der Waals surface area contributed by atoms with Crippen LogP contribution in [0.4, 0.5) is 5.69 Å². The summed E-state index contributed by atoms with van der Waals surface area (Å²) in [5, 5.41) is 10.7. The second-order valence-electron chi connectivity index (χ2n) is 5.76. The van der Waals surface area contributed by atoms with Gasteiger partial charge in [-0.3, -0.25) is 0 Å². The molecular weight excluding hydrogens is 270 g/mol. The summed E-state index contributed by atoms with van der Waals surface area (Å²) in [5.74, 6) is 2.35. The Kier molecular flexibility index (Phi) is 6.05. The highest BCUT2D eigenvalue weighted by Crippen LogP contribution is 2.32. The van der Waals surface area contributed by atoms with Crippen molar-refractivity contribution in [1.82, 2.24) is 0 Å². The van der Waals surface area contributed by atoms with E-state index in [2.05, 4.69) is 6.92 Å². The van der Waals surface area contributed by atoms with Crippen LogP contribution < -0.4 is 10.5 Å². The zero-order valence-corrected chi connectivity index (χ0v) is 12.9. The van der Waals surface area contributed by atoms with E-state index in [-0.39, 0.29) is 0 Å². The molecule has 1 aromatic rings. The van der Waals surface area contributed by atoms with Gasteiger partial charge in [0.15, 0.2) is 0 Å². The molecule has 1 saturated carbocycles. The highest BCUT2D eigenvalue weighted by atomic mass is 32.2. The number of hydrogen-bond acceptors (Lipinski definition) is 4. The first-order chi connectivity index (χ1) is 9.63. The molecule has 0 radical (unpaired) electrons. The largest absolute Gasteiger partial charge is 0.491 e. The number of benzene rings is 1. The first-order valence-electron chi connectivity index (χ1n) is 7.41. The molecule has 0 aliphatic heterocycles. The molecule has 1 aliphatic carbocycles. The molecule has 0 spiro atoms. The molecule has 3 nitrogen and oxygen atoms in total. The van der Waals surface area contributed by atoms with Crippen LogP contribution in [0.25, 0.3) is 0 Å². The number of aliphatic hydroxyl groups is 1. The van der Waals surface area contributed by atoms with Gasteiger partial charge in [-0.25, -0.2) is 0 Å². The van der Waals surface area contributed by atoms with E-state index >= 15 is 0 Å². The molecule has 0 saturated heterocycles. The summed E-state index contributed by atoms with van der Waals surface area (Å²) in [6, 6.07) is 7.27. The summed E-state index contributed by atoms with van der Waals surface area (Å²) in [4.78, 5) is 0. The summed E-state index contributed by atoms with van der Waals surface area (Å²) < 4.78 is 5.56. The molecule has 0 amide bonds. The van der Waals surface area contributed by atoms with Crippen molar-refractivity contribution in [3.63, 3.8) is 0 Å². The average Bonchev–Trinajstić information content (AvgIpc) is 2.45. The van der Waals surface area contributed by atoms with Crippen molar-refractivity contribution in [3.05, 3.63) is 24.3 Å². The standard InChI is InChI=1S/C16H25NO2S/c1-12-3-2-4-16(9-12)20-11-14(18)10-19-15-7-5-13(17)6-8-15/h5-8,12,14,16,18H,2-4,9-11,17H2,1H3. The number of hydrogen-bond donors (Lipinski definition) is 2. The third-order valence-electron chi connectivity index (χ3n) is 3.74. The molecule has 20 heavy (non-hydrogen) atoms. The van der Waals surface area contributed by atoms with Gasteiger partial charge in [-0.15, -0.1) is 0 Å². The van der Waals surface area contributed by atoms with E-state index < -0.39 is 6.10 Å². The Bertz CT molecular complexity index is 396. The smallest absolute Gasteiger partial charge is 0.119 e. The molecule has 2 rings (SSSR count). The van der Waals surface area contributed by atoms with E-state index in [1.165, 1.54) is 25.7 Å². The summed E-state index contributed by atoms with van der Waals surface area (Å²) in [6.07, 6.45) is 4.86. The van der Waals surface area contributed by atoms with Crippen LogP contribution in [0.2, 0.25) is 0 Å². The van der Waals surface area contributed by atoms with Crippen molar-refractivity contribution in [2.75, 3.05) is 18.1 Å². The topological polar surface area (TPSA) is 55.5 Å². The first-order valence-corrected chi connectivity index (χ1v) is 8.46. The second-order valence-corrected chi connectivity index (χ2v) is 7.09. The Morgan fingerprint density at radius 1 is 1.35 bits per heavy atom. The van der Waals surface area contributed by atoms with Gasteiger partial charge in [0.25, 0.3) is 0 Å². The Labute approximate surface area is 125 Å². The van der Waals surface area contributed by atoms with Crippen molar-refractivity contribution in [3.8, 4) is 5.75 Å². The van der Waals surface area contributed by atoms with Gasteiger partial charge in [-0.05, 0) is 43.0 Å². The van der Waals surface area contributed by atoms with Gasteiger partial charge in [-0.1, -0.05) is 19.8 Å². The second kappa shape index (κ2) is 7.79. The van der Waals surface area contributed by atoms with Crippen LogP contribution in [0.1, 0.15) is 32.6 Å². The monoisotopic (exact) mass is 295 g/mol. The van der Waals surface area contributed by atoms with Gasteiger partial charge in [0.05, 0.1) is 6.10 Å². The van der Waals surface area contributed by atoms with E-state index in [1.54, 1.807) is 12.1 Å². The Hall–Kier alpha value is -0.870. The lowest BCUT2D eigenvalue weighted by molar-refractivity contribution is 0.126. The zero-order valence-electron chi connectivity index (χ0n) is 12.1. The fraction of sp³-hybridized carbons (Fsp3) is 0.625. The van der Waals surface area contributed by atoms with E-state index in [9.17, 15) is 5.11 Å². The van der Waals surface area contributed by atoms with Crippen molar-refractivity contribution < 1.29 is 9.84 Å². The maximum atomic E-state index is 9.99. The molecule has 3 atom stereocenters. The number of anilines is 1. The van der Waals surface area contributed by atoms with Gasteiger partial charge < -0.3 is 15.6 Å². The Balaban J connectivity index is 1.65. The van der Waals surface area contributed by atoms with Gasteiger partial charge >= 0.3 is 0 Å². The summed E-state index contributed by atoms with van der Waals surface area (Å²) in [6.45, 7) is 2.67. The fourth-order valence-electron chi connectivity index (χ4n) is 2.58. The minimum atomic E-state index is -0.408. The number of aliphatic hydroxyl groups excluding tert-OH is 1. The number of nitrogens with two attached hydrogens (primary N) is 1. The lowest BCUT2D eigenvalue weighted by Crippen LogP contribution is -2.23. The molecule has 3 N–H and O–H groups in total. The predicted molar refractivity (Wildman–Crippen MR) is 86.2 cm³/mol. The lowest BCUT2D eigenvalue weighted by Gasteiger charge is -2.26. The van der Waals surface area contributed by atoms with Gasteiger partial charge in [0.2, 0.25) is 0 Å². The van der Waals surface area contributed by atoms with Crippen LogP contribution in [0.3, 0.4) is 0 Å². The number of thioether (sulfide) groups is 1. The normalized spacial score (nSPS) is 24.3. The van der Waals surface area contributed by atoms with E-state index in [0.717, 1.165) is 23.1 Å². The quantitative estimate of drug-likeness (QED) is 0.791. The molecular formula is C16H25NO2S. The minimum absolute atomic E-state index is 0.346. The maximum Gasteiger partial charge on any atom is 0.119 e. The molecule has 1 aliphatic rings. The predicted octanol–water partition coefficient (Wildman–Crippen LogP) is 3.32. The lowest BCUT2D eigenvalue weighted by atomic mass is 9.91. The van der Waals surface area contributed by atoms with E-state index in [1.807, 2.05) is 23.9 Å². The number of nitrogen functional groups attached to an aromatic ring is 1. The van der Waals surface area contributed by atoms with Crippen LogP contribution in [0.5, 0.6) is 5.75 Å². The van der Waals surface area contributed by atoms with Crippen LogP contribution in [-0.2, 0) is 0 Å². The van der Waals surface area contributed by atoms with Gasteiger partial charge in [0, 0.05) is 16.7 Å². The molecule has 1 fully saturated rings. The highest BCUT2D eigenvalue weighted by Gasteiger charge is 2.20. The van der Waals surface area contributed by atoms with E-state index in [0.29, 0.717) is 11.9 Å². The minimum Gasteiger partial charge on any atom is -0.491 e.